The molecule has 1 saturated carbocycles. The Bertz CT molecular complexity index is 222. The third-order valence-corrected chi connectivity index (χ3v) is 4.36. The predicted molar refractivity (Wildman–Crippen MR) is 57.6 cm³/mol. The van der Waals surface area contributed by atoms with Crippen LogP contribution in [-0.2, 0) is 0 Å². The van der Waals surface area contributed by atoms with Gasteiger partial charge in [0.05, 0.1) is 0 Å². The highest BCUT2D eigenvalue weighted by Gasteiger charge is 2.39. The van der Waals surface area contributed by atoms with Gasteiger partial charge >= 0.3 is 0 Å². The monoisotopic (exact) mass is 178 g/mol. The molecule has 0 nitrogen and oxygen atoms in total. The zero-order valence-corrected chi connectivity index (χ0v) is 9.27. The highest BCUT2D eigenvalue weighted by molar-refractivity contribution is 5.12. The first-order valence-electron chi connectivity index (χ1n) is 5.78. The predicted octanol–water partition coefficient (Wildman–Crippen LogP) is 4.17. The number of hydrogen-bond acceptors (Lipinski definition) is 0. The molecule has 0 aliphatic heterocycles. The fraction of sp³-hybridized carbons (Fsp3) is 0.846. The average Bonchev–Trinajstić information content (AvgIpc) is 2.48. The lowest BCUT2D eigenvalue weighted by atomic mass is 9.71. The zero-order chi connectivity index (χ0) is 9.47. The lowest BCUT2D eigenvalue weighted by Crippen LogP contribution is -2.26. The number of allylic oxidation sites excluding steroid dienone is 2. The summed E-state index contributed by atoms with van der Waals surface area (Å²) >= 11 is 0. The van der Waals surface area contributed by atoms with Gasteiger partial charge in [-0.2, -0.15) is 0 Å². The van der Waals surface area contributed by atoms with E-state index in [1.54, 1.807) is 5.57 Å². The number of hydrogen-bond donors (Lipinski definition) is 0. The molecular weight excluding hydrogens is 156 g/mol. The summed E-state index contributed by atoms with van der Waals surface area (Å²) < 4.78 is 0. The van der Waals surface area contributed by atoms with Gasteiger partial charge in [0, 0.05) is 0 Å². The first kappa shape index (κ1) is 9.30. The van der Waals surface area contributed by atoms with Gasteiger partial charge in [-0.05, 0) is 49.9 Å². The molecule has 2 rings (SSSR count). The van der Waals surface area contributed by atoms with Crippen molar-refractivity contribution in [2.45, 2.75) is 52.9 Å². The molecule has 0 heteroatoms. The van der Waals surface area contributed by atoms with E-state index in [1.807, 2.05) is 0 Å². The maximum absolute atomic E-state index is 2.50. The fourth-order valence-electron chi connectivity index (χ4n) is 3.45. The zero-order valence-electron chi connectivity index (χ0n) is 9.27. The minimum Gasteiger partial charge on any atom is -0.0853 e. The van der Waals surface area contributed by atoms with Crippen LogP contribution in [0.5, 0.6) is 0 Å². The Hall–Kier alpha value is -0.260. The molecule has 13 heavy (non-hydrogen) atoms. The van der Waals surface area contributed by atoms with E-state index in [0.29, 0.717) is 5.41 Å². The number of fused-ring (bicyclic) bond motifs is 1. The second-order valence-corrected chi connectivity index (χ2v) is 5.62. The molecule has 0 aromatic heterocycles. The minimum absolute atomic E-state index is 0.593. The van der Waals surface area contributed by atoms with Gasteiger partial charge in [-0.15, -0.1) is 0 Å². The molecule has 0 aromatic carbocycles. The Morgan fingerprint density at radius 1 is 1.31 bits per heavy atom. The molecule has 0 heterocycles. The molecule has 0 N–H and O–H groups in total. The van der Waals surface area contributed by atoms with E-state index in [4.69, 9.17) is 0 Å². The average molecular weight is 178 g/mol. The van der Waals surface area contributed by atoms with E-state index < -0.39 is 0 Å². The summed E-state index contributed by atoms with van der Waals surface area (Å²) in [6.07, 6.45) is 9.60. The second-order valence-electron chi connectivity index (χ2n) is 5.62. The highest BCUT2D eigenvalue weighted by Crippen LogP contribution is 2.50. The molecule has 0 saturated heterocycles. The van der Waals surface area contributed by atoms with Crippen LogP contribution >= 0.6 is 0 Å². The van der Waals surface area contributed by atoms with E-state index in [1.165, 1.54) is 32.1 Å². The highest BCUT2D eigenvalue weighted by atomic mass is 14.4. The lowest BCUT2D eigenvalue weighted by molar-refractivity contribution is 0.174. The Kier molecular flexibility index (Phi) is 2.25. The Balaban J connectivity index is 2.26. The molecule has 0 unspecified atom stereocenters. The summed E-state index contributed by atoms with van der Waals surface area (Å²) in [6, 6.07) is 0. The quantitative estimate of drug-likeness (QED) is 0.488. The molecule has 2 atom stereocenters. The summed E-state index contributed by atoms with van der Waals surface area (Å²) in [6.45, 7) is 7.30. The summed E-state index contributed by atoms with van der Waals surface area (Å²) in [5.41, 5.74) is 2.28. The van der Waals surface area contributed by atoms with E-state index >= 15 is 0 Å². The van der Waals surface area contributed by atoms with Gasteiger partial charge < -0.3 is 0 Å². The van der Waals surface area contributed by atoms with Gasteiger partial charge in [0.1, 0.15) is 0 Å². The second kappa shape index (κ2) is 3.15. The first-order chi connectivity index (χ1) is 6.11. The molecular formula is C13H22. The van der Waals surface area contributed by atoms with Crippen molar-refractivity contribution in [1.82, 2.24) is 0 Å². The lowest BCUT2D eigenvalue weighted by Gasteiger charge is -2.34. The minimum atomic E-state index is 0.593. The van der Waals surface area contributed by atoms with E-state index in [0.717, 1.165) is 11.8 Å². The Morgan fingerprint density at radius 2 is 2.08 bits per heavy atom. The van der Waals surface area contributed by atoms with Gasteiger partial charge in [0.2, 0.25) is 0 Å². The SMILES string of the molecule is CC1=CCCC(C)(C)[C@H]2CCC[C@@H]12. The van der Waals surface area contributed by atoms with Crippen molar-refractivity contribution < 1.29 is 0 Å². The van der Waals surface area contributed by atoms with Crippen molar-refractivity contribution >= 4 is 0 Å². The van der Waals surface area contributed by atoms with Gasteiger partial charge in [0.25, 0.3) is 0 Å². The van der Waals surface area contributed by atoms with Crippen LogP contribution in [0.3, 0.4) is 0 Å². The Labute approximate surface area is 82.4 Å². The fourth-order valence-corrected chi connectivity index (χ4v) is 3.45. The molecule has 0 aromatic rings. The van der Waals surface area contributed by atoms with Crippen molar-refractivity contribution in [3.05, 3.63) is 11.6 Å². The normalized spacial score (nSPS) is 37.9. The van der Waals surface area contributed by atoms with Crippen LogP contribution in [0.1, 0.15) is 52.9 Å². The third kappa shape index (κ3) is 1.56. The molecule has 1 fully saturated rings. The summed E-state index contributed by atoms with van der Waals surface area (Å²) in [5.74, 6) is 1.91. The molecule has 2 aliphatic carbocycles. The van der Waals surface area contributed by atoms with Gasteiger partial charge in [-0.3, -0.25) is 0 Å². The van der Waals surface area contributed by atoms with Crippen LogP contribution in [0, 0.1) is 17.3 Å². The van der Waals surface area contributed by atoms with Crippen LogP contribution in [0.15, 0.2) is 11.6 Å². The van der Waals surface area contributed by atoms with Crippen molar-refractivity contribution in [2.75, 3.05) is 0 Å². The maximum Gasteiger partial charge on any atom is -0.0173 e. The number of rotatable bonds is 0. The standard InChI is InChI=1S/C13H22/c1-10-6-5-9-13(2,3)12-8-4-7-11(10)12/h6,11-12H,4-5,7-9H2,1-3H3/t11-,12-/m0/s1. The summed E-state index contributed by atoms with van der Waals surface area (Å²) in [7, 11) is 0. The Morgan fingerprint density at radius 3 is 2.85 bits per heavy atom. The van der Waals surface area contributed by atoms with Crippen LogP contribution in [0.2, 0.25) is 0 Å². The van der Waals surface area contributed by atoms with Crippen molar-refractivity contribution in [1.29, 1.82) is 0 Å². The smallest absolute Gasteiger partial charge is 0.0173 e. The maximum atomic E-state index is 2.50. The van der Waals surface area contributed by atoms with Crippen molar-refractivity contribution in [2.24, 2.45) is 17.3 Å². The van der Waals surface area contributed by atoms with E-state index in [-0.39, 0.29) is 0 Å². The summed E-state index contributed by atoms with van der Waals surface area (Å²) in [5, 5.41) is 0. The molecule has 0 spiro atoms. The topological polar surface area (TPSA) is 0 Å². The molecule has 0 amide bonds. The van der Waals surface area contributed by atoms with Gasteiger partial charge in [0.15, 0.2) is 0 Å². The molecule has 74 valence electrons. The molecule has 2 aliphatic rings. The van der Waals surface area contributed by atoms with Crippen molar-refractivity contribution in [3.63, 3.8) is 0 Å². The van der Waals surface area contributed by atoms with Crippen LogP contribution < -0.4 is 0 Å². The van der Waals surface area contributed by atoms with Gasteiger partial charge in [-0.25, -0.2) is 0 Å². The summed E-state index contributed by atoms with van der Waals surface area (Å²) in [4.78, 5) is 0. The van der Waals surface area contributed by atoms with Crippen LogP contribution in [-0.4, -0.2) is 0 Å². The van der Waals surface area contributed by atoms with E-state index in [9.17, 15) is 0 Å². The molecule has 0 radical (unpaired) electrons. The first-order valence-corrected chi connectivity index (χ1v) is 5.78. The van der Waals surface area contributed by atoms with Crippen molar-refractivity contribution in [3.8, 4) is 0 Å². The van der Waals surface area contributed by atoms with E-state index in [2.05, 4.69) is 26.8 Å². The largest absolute Gasteiger partial charge is 0.0853 e. The molecule has 0 bridgehead atoms. The van der Waals surface area contributed by atoms with Crippen LogP contribution in [0.4, 0.5) is 0 Å². The van der Waals surface area contributed by atoms with Crippen LogP contribution in [0.25, 0.3) is 0 Å². The van der Waals surface area contributed by atoms with Gasteiger partial charge in [-0.1, -0.05) is 31.9 Å². The third-order valence-electron chi connectivity index (χ3n) is 4.36.